The van der Waals surface area contributed by atoms with Gasteiger partial charge in [0, 0.05) is 30.4 Å². The van der Waals surface area contributed by atoms with E-state index in [1.807, 2.05) is 0 Å². The smallest absolute Gasteiger partial charge is 0.135 e. The van der Waals surface area contributed by atoms with Crippen LogP contribution in [-0.2, 0) is 12.8 Å². The molecule has 1 aromatic rings. The molecule has 2 heterocycles. The first kappa shape index (κ1) is 13.8. The van der Waals surface area contributed by atoms with Crippen molar-refractivity contribution < 1.29 is 0 Å². The van der Waals surface area contributed by atoms with Crippen molar-refractivity contribution in [1.82, 2.24) is 15.3 Å². The van der Waals surface area contributed by atoms with Crippen LogP contribution >= 0.6 is 0 Å². The SMILES string of the molecule is CCNCC1CCCN1c1ncnc2c1CCCCC2. The van der Waals surface area contributed by atoms with E-state index in [0.29, 0.717) is 6.04 Å². The summed E-state index contributed by atoms with van der Waals surface area (Å²) in [6, 6.07) is 0.609. The highest BCUT2D eigenvalue weighted by molar-refractivity contribution is 5.51. The summed E-state index contributed by atoms with van der Waals surface area (Å²) in [5, 5.41) is 3.50. The second kappa shape index (κ2) is 6.53. The number of aromatic nitrogens is 2. The molecule has 1 fully saturated rings. The molecule has 2 aliphatic rings. The van der Waals surface area contributed by atoms with Gasteiger partial charge in [-0.15, -0.1) is 0 Å². The van der Waals surface area contributed by atoms with Gasteiger partial charge in [-0.1, -0.05) is 13.3 Å². The first-order valence-corrected chi connectivity index (χ1v) is 8.20. The van der Waals surface area contributed by atoms with Crippen molar-refractivity contribution >= 4 is 5.82 Å². The van der Waals surface area contributed by atoms with Gasteiger partial charge in [0.1, 0.15) is 12.1 Å². The number of anilines is 1. The number of likely N-dealkylation sites (N-methyl/N-ethyl adjacent to an activating group) is 1. The van der Waals surface area contributed by atoms with E-state index in [2.05, 4.69) is 27.1 Å². The lowest BCUT2D eigenvalue weighted by atomic mass is 10.1. The number of fused-ring (bicyclic) bond motifs is 1. The normalized spacial score (nSPS) is 22.6. The number of aryl methyl sites for hydroxylation is 1. The Morgan fingerprint density at radius 2 is 2.10 bits per heavy atom. The van der Waals surface area contributed by atoms with Crippen LogP contribution < -0.4 is 10.2 Å². The molecule has 1 saturated heterocycles. The van der Waals surface area contributed by atoms with Crippen LogP contribution in [0, 0.1) is 0 Å². The molecule has 0 aromatic carbocycles. The maximum absolute atomic E-state index is 4.66. The topological polar surface area (TPSA) is 41.0 Å². The third-order valence-electron chi connectivity index (χ3n) is 4.63. The molecule has 1 atom stereocenters. The summed E-state index contributed by atoms with van der Waals surface area (Å²) in [5.41, 5.74) is 2.75. The summed E-state index contributed by atoms with van der Waals surface area (Å²) in [4.78, 5) is 11.7. The van der Waals surface area contributed by atoms with E-state index in [1.165, 1.54) is 49.2 Å². The Balaban J connectivity index is 1.85. The van der Waals surface area contributed by atoms with Gasteiger partial charge in [0.25, 0.3) is 0 Å². The molecule has 1 unspecified atom stereocenters. The molecule has 1 aromatic heterocycles. The molecule has 0 bridgehead atoms. The number of rotatable bonds is 4. The van der Waals surface area contributed by atoms with Crippen molar-refractivity contribution in [2.45, 2.75) is 57.9 Å². The lowest BCUT2D eigenvalue weighted by Gasteiger charge is -2.28. The van der Waals surface area contributed by atoms with Crippen LogP contribution in [0.25, 0.3) is 0 Å². The molecule has 0 amide bonds. The maximum atomic E-state index is 4.66. The van der Waals surface area contributed by atoms with E-state index in [4.69, 9.17) is 0 Å². The average molecular weight is 274 g/mol. The zero-order valence-corrected chi connectivity index (χ0v) is 12.6. The van der Waals surface area contributed by atoms with Gasteiger partial charge in [0.05, 0.1) is 0 Å². The molecule has 1 N–H and O–H groups in total. The zero-order chi connectivity index (χ0) is 13.8. The predicted molar refractivity (Wildman–Crippen MR) is 82.2 cm³/mol. The molecule has 4 heteroatoms. The summed E-state index contributed by atoms with van der Waals surface area (Å²) in [7, 11) is 0. The van der Waals surface area contributed by atoms with Crippen LogP contribution in [-0.4, -0.2) is 35.6 Å². The van der Waals surface area contributed by atoms with E-state index < -0.39 is 0 Å². The third kappa shape index (κ3) is 2.80. The summed E-state index contributed by atoms with van der Waals surface area (Å²) in [6.45, 7) is 5.46. The predicted octanol–water partition coefficient (Wildman–Crippen LogP) is 2.32. The highest BCUT2D eigenvalue weighted by atomic mass is 15.2. The van der Waals surface area contributed by atoms with Gasteiger partial charge in [0.2, 0.25) is 0 Å². The molecule has 4 nitrogen and oxygen atoms in total. The number of hydrogen-bond donors (Lipinski definition) is 1. The van der Waals surface area contributed by atoms with Gasteiger partial charge >= 0.3 is 0 Å². The highest BCUT2D eigenvalue weighted by Gasteiger charge is 2.28. The Morgan fingerprint density at radius 1 is 1.20 bits per heavy atom. The van der Waals surface area contributed by atoms with E-state index in [9.17, 15) is 0 Å². The fraction of sp³-hybridized carbons (Fsp3) is 0.750. The summed E-state index contributed by atoms with van der Waals surface area (Å²) in [5.74, 6) is 1.23. The molecular formula is C16H26N4. The Labute approximate surface area is 122 Å². The monoisotopic (exact) mass is 274 g/mol. The third-order valence-corrected chi connectivity index (χ3v) is 4.63. The fourth-order valence-corrected chi connectivity index (χ4v) is 3.57. The van der Waals surface area contributed by atoms with Crippen molar-refractivity contribution in [2.75, 3.05) is 24.5 Å². The molecule has 0 spiro atoms. The number of hydrogen-bond acceptors (Lipinski definition) is 4. The van der Waals surface area contributed by atoms with Crippen LogP contribution in [0.4, 0.5) is 5.82 Å². The van der Waals surface area contributed by atoms with E-state index in [-0.39, 0.29) is 0 Å². The van der Waals surface area contributed by atoms with E-state index in [1.54, 1.807) is 6.33 Å². The second-order valence-corrected chi connectivity index (χ2v) is 5.98. The van der Waals surface area contributed by atoms with Gasteiger partial charge in [-0.05, 0) is 45.1 Å². The lowest BCUT2D eigenvalue weighted by Crippen LogP contribution is -2.39. The van der Waals surface area contributed by atoms with Crippen molar-refractivity contribution in [1.29, 1.82) is 0 Å². The Kier molecular flexibility index (Phi) is 4.51. The summed E-state index contributed by atoms with van der Waals surface area (Å²) < 4.78 is 0. The summed E-state index contributed by atoms with van der Waals surface area (Å²) in [6.07, 6.45) is 10.6. The summed E-state index contributed by atoms with van der Waals surface area (Å²) >= 11 is 0. The minimum atomic E-state index is 0.609. The van der Waals surface area contributed by atoms with Crippen molar-refractivity contribution in [2.24, 2.45) is 0 Å². The van der Waals surface area contributed by atoms with Crippen LogP contribution in [0.15, 0.2) is 6.33 Å². The molecular weight excluding hydrogens is 248 g/mol. The molecule has 0 saturated carbocycles. The average Bonchev–Trinajstić information content (AvgIpc) is 2.80. The minimum absolute atomic E-state index is 0.609. The maximum Gasteiger partial charge on any atom is 0.135 e. The molecule has 0 radical (unpaired) electrons. The molecule has 110 valence electrons. The Hall–Kier alpha value is -1.16. The van der Waals surface area contributed by atoms with Gasteiger partial charge in [-0.25, -0.2) is 9.97 Å². The minimum Gasteiger partial charge on any atom is -0.352 e. The van der Waals surface area contributed by atoms with Gasteiger partial charge in [0.15, 0.2) is 0 Å². The van der Waals surface area contributed by atoms with Crippen LogP contribution in [0.5, 0.6) is 0 Å². The fourth-order valence-electron chi connectivity index (χ4n) is 3.57. The van der Waals surface area contributed by atoms with E-state index >= 15 is 0 Å². The molecule has 3 rings (SSSR count). The number of nitrogens with zero attached hydrogens (tertiary/aromatic N) is 3. The molecule has 1 aliphatic carbocycles. The largest absolute Gasteiger partial charge is 0.352 e. The van der Waals surface area contributed by atoms with Crippen LogP contribution in [0.2, 0.25) is 0 Å². The molecule has 20 heavy (non-hydrogen) atoms. The van der Waals surface area contributed by atoms with Gasteiger partial charge in [-0.3, -0.25) is 0 Å². The Bertz CT molecular complexity index is 446. The highest BCUT2D eigenvalue weighted by Crippen LogP contribution is 2.31. The van der Waals surface area contributed by atoms with Crippen LogP contribution in [0.3, 0.4) is 0 Å². The van der Waals surface area contributed by atoms with Crippen molar-refractivity contribution in [3.8, 4) is 0 Å². The Morgan fingerprint density at radius 3 is 3.00 bits per heavy atom. The molecule has 1 aliphatic heterocycles. The zero-order valence-electron chi connectivity index (χ0n) is 12.6. The first-order chi connectivity index (χ1) is 9.90. The standard InChI is InChI=1S/C16H26N4/c1-2-17-11-13-7-6-10-20(13)16-14-8-4-3-5-9-15(14)18-12-19-16/h12-13,17H,2-11H2,1H3. The van der Waals surface area contributed by atoms with E-state index in [0.717, 1.165) is 32.5 Å². The van der Waals surface area contributed by atoms with Crippen molar-refractivity contribution in [3.63, 3.8) is 0 Å². The first-order valence-electron chi connectivity index (χ1n) is 8.20. The van der Waals surface area contributed by atoms with Crippen LogP contribution in [0.1, 0.15) is 50.3 Å². The quantitative estimate of drug-likeness (QED) is 0.856. The number of nitrogens with one attached hydrogen (secondary N) is 1. The van der Waals surface area contributed by atoms with Gasteiger partial charge < -0.3 is 10.2 Å². The van der Waals surface area contributed by atoms with Crippen molar-refractivity contribution in [3.05, 3.63) is 17.6 Å². The lowest BCUT2D eigenvalue weighted by molar-refractivity contribution is 0.582. The second-order valence-electron chi connectivity index (χ2n) is 5.98. The van der Waals surface area contributed by atoms with Gasteiger partial charge in [-0.2, -0.15) is 0 Å².